The van der Waals surface area contributed by atoms with Gasteiger partial charge in [0.25, 0.3) is 0 Å². The second kappa shape index (κ2) is 6.45. The maximum Gasteiger partial charge on any atom is 0.0642 e. The molecule has 98 valence electrons. The molecule has 1 N–H and O–H groups in total. The van der Waals surface area contributed by atoms with Gasteiger partial charge in [-0.1, -0.05) is 19.1 Å². The van der Waals surface area contributed by atoms with Crippen molar-refractivity contribution in [1.29, 1.82) is 0 Å². The average Bonchev–Trinajstić information content (AvgIpc) is 2.46. The maximum absolute atomic E-state index is 5.36. The van der Waals surface area contributed by atoms with E-state index in [9.17, 15) is 0 Å². The van der Waals surface area contributed by atoms with Crippen molar-refractivity contribution in [2.24, 2.45) is 0 Å². The Morgan fingerprint density at radius 3 is 2.56 bits per heavy atom. The van der Waals surface area contributed by atoms with E-state index in [1.165, 1.54) is 11.3 Å². The number of benzene rings is 1. The van der Waals surface area contributed by atoms with Gasteiger partial charge < -0.3 is 15.0 Å². The SMILES string of the molecule is C=C(CC)CNc1ccc(N2CCOCC2)cc1. The third kappa shape index (κ3) is 3.50. The van der Waals surface area contributed by atoms with E-state index in [1.54, 1.807) is 0 Å². The molecule has 1 heterocycles. The first kappa shape index (κ1) is 13.0. The molecule has 1 aromatic carbocycles. The molecule has 3 heteroatoms. The van der Waals surface area contributed by atoms with Crippen LogP contribution in [0.4, 0.5) is 11.4 Å². The van der Waals surface area contributed by atoms with Gasteiger partial charge in [0, 0.05) is 31.0 Å². The predicted octanol–water partition coefficient (Wildman–Crippen LogP) is 2.90. The number of hydrogen-bond donors (Lipinski definition) is 1. The maximum atomic E-state index is 5.36. The Labute approximate surface area is 109 Å². The van der Waals surface area contributed by atoms with E-state index >= 15 is 0 Å². The van der Waals surface area contributed by atoms with Gasteiger partial charge in [-0.15, -0.1) is 0 Å². The Kier molecular flexibility index (Phi) is 4.65. The fourth-order valence-corrected chi connectivity index (χ4v) is 1.96. The predicted molar refractivity (Wildman–Crippen MR) is 77.4 cm³/mol. The minimum atomic E-state index is 0.830. The van der Waals surface area contributed by atoms with E-state index in [4.69, 9.17) is 4.74 Å². The van der Waals surface area contributed by atoms with Gasteiger partial charge in [-0.25, -0.2) is 0 Å². The smallest absolute Gasteiger partial charge is 0.0642 e. The van der Waals surface area contributed by atoms with Gasteiger partial charge in [0.05, 0.1) is 13.2 Å². The lowest BCUT2D eigenvalue weighted by Gasteiger charge is -2.29. The van der Waals surface area contributed by atoms with Crippen LogP contribution >= 0.6 is 0 Å². The second-order valence-corrected chi connectivity index (χ2v) is 4.60. The van der Waals surface area contributed by atoms with Gasteiger partial charge in [-0.05, 0) is 30.7 Å². The molecule has 2 rings (SSSR count). The molecule has 0 amide bonds. The van der Waals surface area contributed by atoms with Crippen LogP contribution in [0.15, 0.2) is 36.4 Å². The monoisotopic (exact) mass is 246 g/mol. The highest BCUT2D eigenvalue weighted by Gasteiger charge is 2.10. The molecule has 1 aliphatic rings. The van der Waals surface area contributed by atoms with Crippen molar-refractivity contribution in [2.45, 2.75) is 13.3 Å². The van der Waals surface area contributed by atoms with Gasteiger partial charge in [0.1, 0.15) is 0 Å². The molecule has 0 atom stereocenters. The summed E-state index contributed by atoms with van der Waals surface area (Å²) in [5.41, 5.74) is 3.66. The lowest BCUT2D eigenvalue weighted by molar-refractivity contribution is 0.122. The fourth-order valence-electron chi connectivity index (χ4n) is 1.96. The van der Waals surface area contributed by atoms with Gasteiger partial charge in [0.15, 0.2) is 0 Å². The molecule has 0 radical (unpaired) electrons. The van der Waals surface area contributed by atoms with E-state index < -0.39 is 0 Å². The first-order chi connectivity index (χ1) is 8.79. The number of hydrogen-bond acceptors (Lipinski definition) is 3. The van der Waals surface area contributed by atoms with Crippen molar-refractivity contribution < 1.29 is 4.74 Å². The summed E-state index contributed by atoms with van der Waals surface area (Å²) in [6, 6.07) is 8.60. The molecular formula is C15H22N2O. The normalized spacial score (nSPS) is 15.5. The van der Waals surface area contributed by atoms with Crippen molar-refractivity contribution in [1.82, 2.24) is 0 Å². The Hall–Kier alpha value is -1.48. The molecule has 0 unspecified atom stereocenters. The van der Waals surface area contributed by atoms with Gasteiger partial charge in [0.2, 0.25) is 0 Å². The number of ether oxygens (including phenoxy) is 1. The van der Waals surface area contributed by atoms with Crippen LogP contribution in [0, 0.1) is 0 Å². The Balaban J connectivity index is 1.90. The fraction of sp³-hybridized carbons (Fsp3) is 0.467. The van der Waals surface area contributed by atoms with E-state index in [-0.39, 0.29) is 0 Å². The zero-order valence-corrected chi connectivity index (χ0v) is 11.1. The Morgan fingerprint density at radius 2 is 1.94 bits per heavy atom. The third-order valence-electron chi connectivity index (χ3n) is 3.29. The lowest BCUT2D eigenvalue weighted by atomic mass is 10.2. The lowest BCUT2D eigenvalue weighted by Crippen LogP contribution is -2.36. The summed E-state index contributed by atoms with van der Waals surface area (Å²) in [4.78, 5) is 2.36. The van der Waals surface area contributed by atoms with Crippen LogP contribution in [0.3, 0.4) is 0 Å². The molecule has 1 aliphatic heterocycles. The Morgan fingerprint density at radius 1 is 1.28 bits per heavy atom. The number of nitrogens with zero attached hydrogens (tertiary/aromatic N) is 1. The van der Waals surface area contributed by atoms with Crippen LogP contribution in [0.5, 0.6) is 0 Å². The van der Waals surface area contributed by atoms with Crippen LogP contribution in [0.25, 0.3) is 0 Å². The highest BCUT2D eigenvalue weighted by Crippen LogP contribution is 2.19. The van der Waals surface area contributed by atoms with E-state index in [0.29, 0.717) is 0 Å². The number of anilines is 2. The topological polar surface area (TPSA) is 24.5 Å². The molecule has 3 nitrogen and oxygen atoms in total. The molecule has 1 saturated heterocycles. The van der Waals surface area contributed by atoms with Crippen LogP contribution in [0.2, 0.25) is 0 Å². The van der Waals surface area contributed by atoms with Crippen molar-refractivity contribution >= 4 is 11.4 Å². The van der Waals surface area contributed by atoms with Gasteiger partial charge >= 0.3 is 0 Å². The highest BCUT2D eigenvalue weighted by molar-refractivity contribution is 5.55. The zero-order chi connectivity index (χ0) is 12.8. The minimum absolute atomic E-state index is 0.830. The van der Waals surface area contributed by atoms with Crippen molar-refractivity contribution in [3.8, 4) is 0 Å². The summed E-state index contributed by atoms with van der Waals surface area (Å²) in [5.74, 6) is 0. The summed E-state index contributed by atoms with van der Waals surface area (Å²) in [7, 11) is 0. The molecule has 0 aliphatic carbocycles. The first-order valence-corrected chi connectivity index (χ1v) is 6.63. The summed E-state index contributed by atoms with van der Waals surface area (Å²) in [5, 5.41) is 3.38. The molecule has 0 bridgehead atoms. The summed E-state index contributed by atoms with van der Waals surface area (Å²) in [6.07, 6.45) is 1.03. The van der Waals surface area contributed by atoms with Crippen molar-refractivity contribution in [3.63, 3.8) is 0 Å². The van der Waals surface area contributed by atoms with E-state index in [1.807, 2.05) is 0 Å². The molecule has 1 aromatic rings. The summed E-state index contributed by atoms with van der Waals surface area (Å²) in [6.45, 7) is 10.6. The third-order valence-corrected chi connectivity index (χ3v) is 3.29. The average molecular weight is 246 g/mol. The van der Waals surface area contributed by atoms with Crippen LogP contribution in [-0.2, 0) is 4.74 Å². The van der Waals surface area contributed by atoms with E-state index in [2.05, 4.69) is 48.0 Å². The molecular weight excluding hydrogens is 224 g/mol. The van der Waals surface area contributed by atoms with Gasteiger partial charge in [-0.2, -0.15) is 0 Å². The second-order valence-electron chi connectivity index (χ2n) is 4.60. The van der Waals surface area contributed by atoms with Crippen LogP contribution < -0.4 is 10.2 Å². The summed E-state index contributed by atoms with van der Waals surface area (Å²) >= 11 is 0. The summed E-state index contributed by atoms with van der Waals surface area (Å²) < 4.78 is 5.36. The first-order valence-electron chi connectivity index (χ1n) is 6.63. The number of nitrogens with one attached hydrogen (secondary N) is 1. The quantitative estimate of drug-likeness (QED) is 0.808. The standard InChI is InChI=1S/C15H22N2O/c1-3-13(2)12-16-14-4-6-15(7-5-14)17-8-10-18-11-9-17/h4-7,16H,2-3,8-12H2,1H3. The van der Waals surface area contributed by atoms with Crippen LogP contribution in [0.1, 0.15) is 13.3 Å². The number of rotatable bonds is 5. The zero-order valence-electron chi connectivity index (χ0n) is 11.1. The molecule has 0 saturated carbocycles. The molecule has 0 aromatic heterocycles. The molecule has 18 heavy (non-hydrogen) atoms. The number of morpholine rings is 1. The molecule has 1 fully saturated rings. The highest BCUT2D eigenvalue weighted by atomic mass is 16.5. The van der Waals surface area contributed by atoms with Crippen molar-refractivity contribution in [2.75, 3.05) is 43.1 Å². The van der Waals surface area contributed by atoms with Crippen LogP contribution in [-0.4, -0.2) is 32.8 Å². The Bertz CT molecular complexity index is 380. The van der Waals surface area contributed by atoms with Gasteiger partial charge in [-0.3, -0.25) is 0 Å². The molecule has 0 spiro atoms. The van der Waals surface area contributed by atoms with E-state index in [0.717, 1.165) is 45.0 Å². The van der Waals surface area contributed by atoms with Crippen molar-refractivity contribution in [3.05, 3.63) is 36.4 Å². The largest absolute Gasteiger partial charge is 0.381 e. The minimum Gasteiger partial charge on any atom is -0.381 e.